The van der Waals surface area contributed by atoms with Gasteiger partial charge < -0.3 is 37.3 Å². The Morgan fingerprint density at radius 3 is 1.42 bits per heavy atom. The Kier molecular flexibility index (Phi) is 19.7. The van der Waals surface area contributed by atoms with Gasteiger partial charge >= 0.3 is 69.3 Å². The third-order valence-electron chi connectivity index (χ3n) is 5.20. The number of carbonyl (C=O) groups is 4. The molecule has 15 nitrogen and oxygen atoms in total. The van der Waals surface area contributed by atoms with Crippen molar-refractivity contribution in [3.8, 4) is 0 Å². The third-order valence-corrected chi connectivity index (χ3v) is 5.20. The molecule has 198 valence electrons. The molecule has 0 aliphatic carbocycles. The van der Waals surface area contributed by atoms with Crippen molar-refractivity contribution >= 4 is 23.8 Å². The summed E-state index contributed by atoms with van der Waals surface area (Å²) in [7, 11) is 0. The van der Waals surface area contributed by atoms with Gasteiger partial charge in [0.25, 0.3) is 0 Å². The molecule has 0 aromatic heterocycles. The van der Waals surface area contributed by atoms with Crippen LogP contribution in [0.2, 0.25) is 0 Å². The van der Waals surface area contributed by atoms with E-state index in [2.05, 4.69) is 21.9 Å². The van der Waals surface area contributed by atoms with Gasteiger partial charge in [0.2, 0.25) is 5.91 Å². The van der Waals surface area contributed by atoms with Crippen LogP contribution in [0.1, 0.15) is 0 Å². The fraction of sp³-hybridized carbons (Fsp3) is 0.700. The number of carboxylic acids is 3. The molecular weight excluding hydrogens is 503 g/mol. The van der Waals surface area contributed by atoms with Gasteiger partial charge in [0.15, 0.2) is 0 Å². The van der Waals surface area contributed by atoms with E-state index in [1.807, 2.05) is 4.90 Å². The summed E-state index contributed by atoms with van der Waals surface area (Å²) in [6.45, 7) is 2.85. The minimum atomic E-state index is -1.01. The molecule has 16 heteroatoms. The fourth-order valence-corrected chi connectivity index (χ4v) is 3.47. The van der Waals surface area contributed by atoms with Gasteiger partial charge in [-0.3, -0.25) is 38.8 Å². The normalized spacial score (nSPS) is 17.3. The number of nitrogens with zero attached hydrogens (tertiary/aromatic N) is 5. The summed E-state index contributed by atoms with van der Waals surface area (Å²) in [5, 5.41) is 36.2. The van der Waals surface area contributed by atoms with Gasteiger partial charge in [-0.1, -0.05) is 0 Å². The van der Waals surface area contributed by atoms with Crippen molar-refractivity contribution in [1.29, 1.82) is 5.53 Å². The van der Waals surface area contributed by atoms with Crippen LogP contribution >= 0.6 is 0 Å². The maximum absolute atomic E-state index is 12.4. The minimum absolute atomic E-state index is 0. The summed E-state index contributed by atoms with van der Waals surface area (Å²) in [6, 6.07) is 0. The van der Waals surface area contributed by atoms with Gasteiger partial charge in [-0.2, -0.15) is 6.20 Å². The summed E-state index contributed by atoms with van der Waals surface area (Å²) in [5.74, 6) is -3.26. The summed E-state index contributed by atoms with van der Waals surface area (Å²) in [6.07, 6.45) is 3.65. The van der Waals surface area contributed by atoms with Gasteiger partial charge in [-0.05, 0) is 0 Å². The Morgan fingerprint density at radius 1 is 0.722 bits per heavy atom. The molecule has 1 saturated heterocycles. The van der Waals surface area contributed by atoms with Crippen LogP contribution in [0, 0.1) is 11.7 Å². The number of carbonyl (C=O) groups excluding carboxylic acids is 1. The second-order valence-electron chi connectivity index (χ2n) is 7.98. The molecule has 0 spiro atoms. The van der Waals surface area contributed by atoms with Crippen LogP contribution in [0.5, 0.6) is 0 Å². The Balaban J connectivity index is 0.0000122. The summed E-state index contributed by atoms with van der Waals surface area (Å²) >= 11 is 0. The topological polar surface area (TPSA) is 202 Å². The number of amides is 1. The van der Waals surface area contributed by atoms with Gasteiger partial charge in [0, 0.05) is 65.4 Å². The second kappa shape index (κ2) is 20.5. The quantitative estimate of drug-likeness (QED) is 0.0563. The zero-order valence-electron chi connectivity index (χ0n) is 20.7. The molecule has 0 unspecified atom stereocenters. The molecule has 1 amide bonds. The molecule has 1 fully saturated rings. The van der Waals surface area contributed by atoms with Gasteiger partial charge in [0.05, 0.1) is 26.2 Å². The van der Waals surface area contributed by atoms with Crippen molar-refractivity contribution in [2.45, 2.75) is 0 Å². The smallest absolute Gasteiger partial charge is 0.480 e. The number of carboxylic acid groups (broad SMARTS) is 3. The predicted molar refractivity (Wildman–Crippen MR) is 123 cm³/mol. The van der Waals surface area contributed by atoms with Crippen molar-refractivity contribution in [2.24, 2.45) is 5.11 Å². The Bertz CT molecular complexity index is 711. The van der Waals surface area contributed by atoms with E-state index in [0.717, 1.165) is 0 Å². The second-order valence-corrected chi connectivity index (χ2v) is 7.98. The first-order valence-electron chi connectivity index (χ1n) is 11.2. The summed E-state index contributed by atoms with van der Waals surface area (Å²) < 4.78 is 0. The van der Waals surface area contributed by atoms with Crippen LogP contribution in [0.4, 0.5) is 0 Å². The summed E-state index contributed by atoms with van der Waals surface area (Å²) in [4.78, 5) is 53.1. The molecule has 6 N–H and O–H groups in total. The largest absolute Gasteiger partial charge is 1.00 e. The van der Waals surface area contributed by atoms with Crippen molar-refractivity contribution in [2.75, 3.05) is 91.6 Å². The van der Waals surface area contributed by atoms with Crippen LogP contribution in [-0.4, -0.2) is 150 Å². The van der Waals surface area contributed by atoms with Crippen molar-refractivity contribution in [1.82, 2.24) is 30.2 Å². The number of nitrogens with one attached hydrogen (secondary N) is 3. The Labute approximate surface area is 252 Å². The van der Waals surface area contributed by atoms with Crippen LogP contribution in [0.15, 0.2) is 11.3 Å². The van der Waals surface area contributed by atoms with E-state index in [0.29, 0.717) is 65.4 Å². The molecule has 36 heavy (non-hydrogen) atoms. The van der Waals surface area contributed by atoms with Crippen molar-refractivity contribution in [3.63, 3.8) is 0 Å². The molecule has 0 aromatic rings. The first kappa shape index (κ1) is 34.5. The van der Waals surface area contributed by atoms with E-state index in [1.165, 1.54) is 6.20 Å². The molecule has 0 bridgehead atoms. The SMILES string of the molecule is N=N[C-]=CNCCNC(=O)CN1CCN(CC(=O)O)CCN(CC(=O)O)CCN(CC(=O)O)CC1.[K+]. The third kappa shape index (κ3) is 17.9. The molecule has 0 atom stereocenters. The Morgan fingerprint density at radius 2 is 1.08 bits per heavy atom. The van der Waals surface area contributed by atoms with Crippen LogP contribution in [0.3, 0.4) is 0 Å². The van der Waals surface area contributed by atoms with E-state index in [4.69, 9.17) is 5.53 Å². The molecule has 0 radical (unpaired) electrons. The minimum Gasteiger partial charge on any atom is -0.480 e. The van der Waals surface area contributed by atoms with E-state index in [-0.39, 0.29) is 83.5 Å². The van der Waals surface area contributed by atoms with Crippen molar-refractivity contribution in [3.05, 3.63) is 12.4 Å². The molecule has 0 saturated carbocycles. The maximum Gasteiger partial charge on any atom is 1.00 e. The van der Waals surface area contributed by atoms with Crippen molar-refractivity contribution < 1.29 is 85.9 Å². The standard InChI is InChI=1S/C20H35N8O7.K/c21-24-4-2-22-1-3-23-17(29)13-25-5-7-26(14-18(30)31)9-11-28(16-20(34)35)12-10-27(8-6-25)15-19(32)33;/h2,21-22H,1,3,5-16H2,(H,23,29)(H,30,31)(H,32,33)(H,34,35);/q-1;+1. The maximum atomic E-state index is 12.4. The molecule has 1 heterocycles. The number of hydrogen-bond acceptors (Lipinski definition) is 11. The Hall–Kier alpha value is -1.50. The zero-order chi connectivity index (χ0) is 26.1. The van der Waals surface area contributed by atoms with Crippen LogP contribution in [-0.2, 0) is 19.2 Å². The van der Waals surface area contributed by atoms with Crippen LogP contribution in [0.25, 0.3) is 0 Å². The first-order chi connectivity index (χ1) is 16.7. The van der Waals surface area contributed by atoms with Gasteiger partial charge in [0.1, 0.15) is 0 Å². The molecule has 1 rings (SSSR count). The number of hydrogen-bond donors (Lipinski definition) is 6. The average molecular weight is 539 g/mol. The number of aliphatic carboxylic acids is 3. The molecule has 1 aliphatic rings. The van der Waals surface area contributed by atoms with E-state index < -0.39 is 17.9 Å². The molecule has 0 aromatic carbocycles. The predicted octanol–water partition coefficient (Wildman–Crippen LogP) is -5.52. The van der Waals surface area contributed by atoms with E-state index in [1.54, 1.807) is 14.7 Å². The summed E-state index contributed by atoms with van der Waals surface area (Å²) in [5.41, 5.74) is 6.59. The van der Waals surface area contributed by atoms with Gasteiger partial charge in [-0.15, -0.1) is 0 Å². The van der Waals surface area contributed by atoms with Crippen LogP contribution < -0.4 is 62.0 Å². The zero-order valence-corrected chi connectivity index (χ0v) is 23.8. The van der Waals surface area contributed by atoms with E-state index >= 15 is 0 Å². The van der Waals surface area contributed by atoms with Gasteiger partial charge in [-0.25, -0.2) is 5.53 Å². The van der Waals surface area contributed by atoms with E-state index in [9.17, 15) is 34.5 Å². The first-order valence-corrected chi connectivity index (χ1v) is 11.2. The molecular formula is C20H35KN8O7. The number of rotatable bonds is 13. The monoisotopic (exact) mass is 538 g/mol. The fourth-order valence-electron chi connectivity index (χ4n) is 3.47. The molecule has 1 aliphatic heterocycles. The average Bonchev–Trinajstić information content (AvgIpc) is 2.77.